The van der Waals surface area contributed by atoms with Crippen LogP contribution in [0, 0.1) is 5.92 Å². The smallest absolute Gasteiger partial charge is 0.501 e. The van der Waals surface area contributed by atoms with Crippen LogP contribution in [-0.4, -0.2) is 42.9 Å². The van der Waals surface area contributed by atoms with Crippen molar-refractivity contribution in [2.75, 3.05) is 19.8 Å². The van der Waals surface area contributed by atoms with Gasteiger partial charge >= 0.3 is 8.80 Å². The van der Waals surface area contributed by atoms with Crippen LogP contribution >= 0.6 is 0 Å². The largest absolute Gasteiger partial charge is 0.518 e. The van der Waals surface area contributed by atoms with Gasteiger partial charge in [-0.3, -0.25) is 4.79 Å². The Morgan fingerprint density at radius 1 is 0.786 bits per heavy atom. The van der Waals surface area contributed by atoms with Gasteiger partial charge in [-0.25, -0.2) is 0 Å². The van der Waals surface area contributed by atoms with E-state index in [2.05, 4.69) is 34.6 Å². The molecule has 0 N–H and O–H groups in total. The molecular formula is C21H46O5Si2. The number of unbranched alkanes of at least 4 members (excludes halogenated alkanes) is 2. The van der Waals surface area contributed by atoms with Gasteiger partial charge in [0.1, 0.15) is 0 Å². The lowest BCUT2D eigenvalue weighted by Gasteiger charge is -2.39. The van der Waals surface area contributed by atoms with Crippen molar-refractivity contribution < 1.29 is 22.5 Å². The minimum absolute atomic E-state index is 0.110. The first kappa shape index (κ1) is 27.8. The maximum Gasteiger partial charge on any atom is 0.501 e. The minimum atomic E-state index is -2.87. The van der Waals surface area contributed by atoms with Gasteiger partial charge in [0.05, 0.1) is 5.92 Å². The van der Waals surface area contributed by atoms with E-state index in [-0.39, 0.29) is 11.9 Å². The third kappa shape index (κ3) is 8.26. The predicted octanol–water partition coefficient (Wildman–Crippen LogP) is 6.17. The molecule has 168 valence electrons. The lowest BCUT2D eigenvalue weighted by atomic mass is 10.2. The molecule has 0 saturated heterocycles. The molecule has 0 heterocycles. The lowest BCUT2D eigenvalue weighted by Crippen LogP contribution is -2.50. The zero-order valence-corrected chi connectivity index (χ0v) is 21.9. The molecule has 0 spiro atoms. The Labute approximate surface area is 176 Å². The molecule has 28 heavy (non-hydrogen) atoms. The first-order chi connectivity index (χ1) is 13.1. The van der Waals surface area contributed by atoms with Crippen LogP contribution < -0.4 is 0 Å². The topological polar surface area (TPSA) is 54.0 Å². The molecule has 0 aromatic carbocycles. The summed E-state index contributed by atoms with van der Waals surface area (Å²) in [6, 6.07) is 1.51. The minimum Gasteiger partial charge on any atom is -0.518 e. The van der Waals surface area contributed by atoms with Crippen LogP contribution in [0.3, 0.4) is 0 Å². The van der Waals surface area contributed by atoms with Gasteiger partial charge in [-0.1, -0.05) is 60.8 Å². The normalized spacial score (nSPS) is 14.0. The van der Waals surface area contributed by atoms with Crippen LogP contribution in [0.4, 0.5) is 0 Å². The van der Waals surface area contributed by atoms with E-state index in [0.29, 0.717) is 36.9 Å². The van der Waals surface area contributed by atoms with Crippen molar-refractivity contribution in [3.05, 3.63) is 0 Å². The van der Waals surface area contributed by atoms with Gasteiger partial charge in [-0.15, -0.1) is 0 Å². The first-order valence-corrected chi connectivity index (χ1v) is 15.5. The van der Waals surface area contributed by atoms with E-state index in [1.165, 1.54) is 12.8 Å². The average molecular weight is 435 g/mol. The fourth-order valence-corrected chi connectivity index (χ4v) is 11.2. The molecule has 5 nitrogen and oxygen atoms in total. The van der Waals surface area contributed by atoms with Crippen molar-refractivity contribution in [2.24, 2.45) is 5.92 Å². The number of hydrogen-bond donors (Lipinski definition) is 0. The van der Waals surface area contributed by atoms with E-state index >= 15 is 0 Å². The summed E-state index contributed by atoms with van der Waals surface area (Å²) in [6.45, 7) is 20.4. The number of hydrogen-bond acceptors (Lipinski definition) is 5. The van der Waals surface area contributed by atoms with Crippen molar-refractivity contribution in [1.82, 2.24) is 0 Å². The molecule has 0 amide bonds. The molecule has 7 heteroatoms. The molecule has 0 aliphatic rings. The molecular weight excluding hydrogens is 388 g/mol. The Kier molecular flexibility index (Phi) is 13.8. The van der Waals surface area contributed by atoms with Crippen molar-refractivity contribution in [3.8, 4) is 0 Å². The van der Waals surface area contributed by atoms with Gasteiger partial charge < -0.3 is 17.7 Å². The Bertz CT molecular complexity index is 404. The maximum atomic E-state index is 13.2. The molecule has 1 unspecified atom stereocenters. The quantitative estimate of drug-likeness (QED) is 0.215. The predicted molar refractivity (Wildman–Crippen MR) is 121 cm³/mol. The zero-order chi connectivity index (χ0) is 21.8. The van der Waals surface area contributed by atoms with Crippen molar-refractivity contribution in [1.29, 1.82) is 0 Å². The molecule has 0 fully saturated rings. The van der Waals surface area contributed by atoms with Crippen LogP contribution in [0.1, 0.15) is 81.6 Å². The van der Waals surface area contributed by atoms with Gasteiger partial charge in [-0.2, -0.15) is 0 Å². The zero-order valence-electron chi connectivity index (χ0n) is 19.9. The standard InChI is InChI=1S/C21H46O5Si2/c1-10-14-15-16-27(18(5)6,19(7)8)26-21(22)20(9)17-28(23-11-2,24-12-3)25-13-4/h18-20H,10-17H2,1-9H3. The molecule has 1 atom stereocenters. The monoisotopic (exact) mass is 434 g/mol. The highest BCUT2D eigenvalue weighted by Crippen LogP contribution is 2.39. The van der Waals surface area contributed by atoms with E-state index in [1.54, 1.807) is 0 Å². The second-order valence-corrected chi connectivity index (χ2v) is 15.8. The Morgan fingerprint density at radius 2 is 1.25 bits per heavy atom. The Hall–Kier alpha value is -0.216. The van der Waals surface area contributed by atoms with Gasteiger partial charge in [0.2, 0.25) is 0 Å². The molecule has 0 aliphatic heterocycles. The van der Waals surface area contributed by atoms with Crippen LogP contribution in [-0.2, 0) is 22.5 Å². The fraction of sp³-hybridized carbons (Fsp3) is 0.952. The second-order valence-electron chi connectivity index (χ2n) is 8.23. The number of carbonyl (C=O) groups excluding carboxylic acids is 1. The van der Waals surface area contributed by atoms with E-state index in [9.17, 15) is 4.79 Å². The van der Waals surface area contributed by atoms with E-state index in [4.69, 9.17) is 17.7 Å². The van der Waals surface area contributed by atoms with E-state index in [0.717, 1.165) is 12.5 Å². The molecule has 0 aromatic rings. The molecule has 0 radical (unpaired) electrons. The summed E-state index contributed by atoms with van der Waals surface area (Å²) in [5.74, 6) is -0.409. The molecule has 0 aromatic heterocycles. The summed E-state index contributed by atoms with van der Waals surface area (Å²) in [4.78, 5) is 13.2. The SMILES string of the molecule is CCCCC[Si](OC(=O)C(C)C[Si](OCC)(OCC)OCC)(C(C)C)C(C)C. The van der Waals surface area contributed by atoms with Crippen molar-refractivity contribution >= 4 is 23.1 Å². The van der Waals surface area contributed by atoms with E-state index < -0.39 is 17.1 Å². The third-order valence-electron chi connectivity index (χ3n) is 5.47. The van der Waals surface area contributed by atoms with Crippen LogP contribution in [0.25, 0.3) is 0 Å². The summed E-state index contributed by atoms with van der Waals surface area (Å²) < 4.78 is 24.2. The van der Waals surface area contributed by atoms with Gasteiger partial charge in [-0.05, 0) is 37.9 Å². The maximum absolute atomic E-state index is 13.2. The Morgan fingerprint density at radius 3 is 1.61 bits per heavy atom. The second kappa shape index (κ2) is 13.9. The number of rotatable bonds is 16. The summed E-state index contributed by atoms with van der Waals surface area (Å²) in [6.07, 6.45) is 3.50. The van der Waals surface area contributed by atoms with Crippen LogP contribution in [0.2, 0.25) is 23.2 Å². The van der Waals surface area contributed by atoms with Gasteiger partial charge in [0, 0.05) is 25.9 Å². The van der Waals surface area contributed by atoms with Crippen LogP contribution in [0.15, 0.2) is 0 Å². The van der Waals surface area contributed by atoms with Crippen molar-refractivity contribution in [3.63, 3.8) is 0 Å². The summed E-state index contributed by atoms with van der Waals surface area (Å²) >= 11 is 0. The van der Waals surface area contributed by atoms with Crippen LogP contribution in [0.5, 0.6) is 0 Å². The highest BCUT2D eigenvalue weighted by molar-refractivity contribution is 6.77. The summed E-state index contributed by atoms with van der Waals surface area (Å²) in [7, 11) is -5.07. The molecule has 0 saturated carbocycles. The summed E-state index contributed by atoms with van der Waals surface area (Å²) in [5.41, 5.74) is 0.793. The van der Waals surface area contributed by atoms with Gasteiger partial charge in [0.25, 0.3) is 14.3 Å². The first-order valence-electron chi connectivity index (χ1n) is 11.3. The average Bonchev–Trinajstić information content (AvgIpc) is 2.60. The number of carbonyl (C=O) groups is 1. The fourth-order valence-electron chi connectivity index (χ4n) is 3.89. The third-order valence-corrected chi connectivity index (χ3v) is 14.4. The highest BCUT2D eigenvalue weighted by atomic mass is 28.4. The highest BCUT2D eigenvalue weighted by Gasteiger charge is 2.48. The molecule has 0 aliphatic carbocycles. The molecule has 0 bridgehead atoms. The van der Waals surface area contributed by atoms with E-state index in [1.807, 2.05) is 27.7 Å². The molecule has 0 rings (SSSR count). The van der Waals surface area contributed by atoms with Gasteiger partial charge in [0.15, 0.2) is 0 Å². The Balaban J connectivity index is 5.41. The summed E-state index contributed by atoms with van der Waals surface area (Å²) in [5, 5.41) is 0. The lowest BCUT2D eigenvalue weighted by molar-refractivity contribution is -0.139. The van der Waals surface area contributed by atoms with Crippen molar-refractivity contribution in [2.45, 2.75) is 105 Å².